The van der Waals surface area contributed by atoms with E-state index in [2.05, 4.69) is 0 Å². The predicted octanol–water partition coefficient (Wildman–Crippen LogP) is 3.06. The van der Waals surface area contributed by atoms with Crippen molar-refractivity contribution in [3.63, 3.8) is 0 Å². The van der Waals surface area contributed by atoms with Gasteiger partial charge in [-0.3, -0.25) is 0 Å². The average Bonchev–Trinajstić information content (AvgIpc) is 2.27. The number of halogens is 3. The van der Waals surface area contributed by atoms with E-state index in [9.17, 15) is 13.2 Å². The van der Waals surface area contributed by atoms with Crippen molar-refractivity contribution < 1.29 is 23.2 Å². The Morgan fingerprint density at radius 3 is 2.44 bits per heavy atom. The van der Waals surface area contributed by atoms with Gasteiger partial charge >= 0.3 is 13.3 Å². The zero-order chi connectivity index (χ0) is 13.8. The zero-order valence-electron chi connectivity index (χ0n) is 10.1. The van der Waals surface area contributed by atoms with Crippen LogP contribution in [0.15, 0.2) is 24.3 Å². The molecule has 0 saturated heterocycles. The second kappa shape index (κ2) is 6.25. The molecule has 6 heteroatoms. The Kier molecular flexibility index (Phi) is 5.22. The first-order valence-electron chi connectivity index (χ1n) is 5.88. The van der Waals surface area contributed by atoms with E-state index in [4.69, 9.17) is 10.0 Å². The fourth-order valence-corrected chi connectivity index (χ4v) is 1.99. The van der Waals surface area contributed by atoms with Crippen molar-refractivity contribution in [2.24, 2.45) is 0 Å². The summed E-state index contributed by atoms with van der Waals surface area (Å²) in [7, 11) is -1.50. The van der Waals surface area contributed by atoms with E-state index in [-0.39, 0.29) is 12.2 Å². The molecule has 0 bridgehead atoms. The molecule has 1 unspecified atom stereocenters. The summed E-state index contributed by atoms with van der Waals surface area (Å²) in [5, 5.41) is 17.9. The summed E-state index contributed by atoms with van der Waals surface area (Å²) in [5.41, 5.74) is -0.201. The fraction of sp³-hybridized carbons (Fsp3) is 0.500. The summed E-state index contributed by atoms with van der Waals surface area (Å²) >= 11 is 0. The summed E-state index contributed by atoms with van der Waals surface area (Å²) in [6.45, 7) is 1.91. The van der Waals surface area contributed by atoms with E-state index in [1.807, 2.05) is 6.92 Å². The molecular weight excluding hydrogens is 244 g/mol. The van der Waals surface area contributed by atoms with Crippen molar-refractivity contribution in [2.75, 3.05) is 0 Å². The highest BCUT2D eigenvalue weighted by atomic mass is 19.4. The van der Waals surface area contributed by atoms with Crippen molar-refractivity contribution in [2.45, 2.75) is 38.2 Å². The second-order valence-electron chi connectivity index (χ2n) is 4.33. The van der Waals surface area contributed by atoms with Gasteiger partial charge in [0, 0.05) is 0 Å². The molecule has 2 nitrogen and oxygen atoms in total. The first-order valence-corrected chi connectivity index (χ1v) is 5.88. The molecule has 0 aliphatic rings. The molecule has 1 aromatic rings. The molecule has 1 atom stereocenters. The number of hydrogen-bond donors (Lipinski definition) is 2. The predicted molar refractivity (Wildman–Crippen MR) is 64.1 cm³/mol. The minimum atomic E-state index is -4.37. The first kappa shape index (κ1) is 15.1. The lowest BCUT2D eigenvalue weighted by Gasteiger charge is -2.17. The van der Waals surface area contributed by atoms with Crippen LogP contribution in [-0.2, 0) is 6.18 Å². The van der Waals surface area contributed by atoms with Gasteiger partial charge < -0.3 is 10.0 Å². The van der Waals surface area contributed by atoms with Gasteiger partial charge in [-0.05, 0) is 30.3 Å². The molecule has 0 radical (unpaired) electrons. The summed E-state index contributed by atoms with van der Waals surface area (Å²) in [6, 6.07) is 5.05. The Morgan fingerprint density at radius 1 is 1.28 bits per heavy atom. The van der Waals surface area contributed by atoms with Crippen LogP contribution < -0.4 is 0 Å². The highest BCUT2D eigenvalue weighted by Crippen LogP contribution is 2.33. The highest BCUT2D eigenvalue weighted by molar-refractivity contribution is 6.41. The van der Waals surface area contributed by atoms with Gasteiger partial charge in [0.15, 0.2) is 0 Å². The van der Waals surface area contributed by atoms with E-state index in [1.54, 1.807) is 6.07 Å². The van der Waals surface area contributed by atoms with Crippen LogP contribution in [0, 0.1) is 0 Å². The Balaban J connectivity index is 2.97. The maximum Gasteiger partial charge on any atom is 0.452 e. The Morgan fingerprint density at radius 2 is 1.94 bits per heavy atom. The molecule has 0 aromatic heterocycles. The third-order valence-electron chi connectivity index (χ3n) is 2.82. The topological polar surface area (TPSA) is 40.5 Å². The van der Waals surface area contributed by atoms with Crippen molar-refractivity contribution in [1.82, 2.24) is 0 Å². The molecule has 2 N–H and O–H groups in total. The number of alkyl halides is 3. The maximum absolute atomic E-state index is 12.6. The molecule has 0 fully saturated rings. The van der Waals surface area contributed by atoms with Crippen LogP contribution in [0.4, 0.5) is 13.2 Å². The van der Waals surface area contributed by atoms with Gasteiger partial charge in [-0.1, -0.05) is 31.5 Å². The molecule has 0 aliphatic carbocycles. The summed E-state index contributed by atoms with van der Waals surface area (Å²) in [6.07, 6.45) is -2.92. The lowest BCUT2D eigenvalue weighted by Crippen LogP contribution is -2.16. The van der Waals surface area contributed by atoms with E-state index < -0.39 is 18.9 Å². The van der Waals surface area contributed by atoms with Gasteiger partial charge in [-0.2, -0.15) is 13.2 Å². The van der Waals surface area contributed by atoms with Gasteiger partial charge in [0.05, 0.1) is 5.56 Å². The Labute approximate surface area is 105 Å². The summed E-state index contributed by atoms with van der Waals surface area (Å²) < 4.78 is 37.7. The van der Waals surface area contributed by atoms with Gasteiger partial charge in [-0.15, -0.1) is 0 Å². The van der Waals surface area contributed by atoms with Crippen LogP contribution in [0.2, 0.25) is 6.32 Å². The third-order valence-corrected chi connectivity index (χ3v) is 2.82. The molecule has 1 rings (SSSR count). The van der Waals surface area contributed by atoms with Crippen molar-refractivity contribution in [3.05, 3.63) is 35.4 Å². The Hall–Kier alpha value is -1.01. The van der Waals surface area contributed by atoms with Crippen LogP contribution in [0.25, 0.3) is 0 Å². The quantitative estimate of drug-likeness (QED) is 0.799. The summed E-state index contributed by atoms with van der Waals surface area (Å²) in [4.78, 5) is 0. The van der Waals surface area contributed by atoms with Gasteiger partial charge in [0.1, 0.15) is 0 Å². The normalized spacial score (nSPS) is 13.4. The average molecular weight is 260 g/mol. The van der Waals surface area contributed by atoms with Gasteiger partial charge in [0.25, 0.3) is 0 Å². The Bertz CT molecular complexity index is 380. The highest BCUT2D eigenvalue weighted by Gasteiger charge is 2.31. The minimum absolute atomic E-state index is 0.0507. The van der Waals surface area contributed by atoms with Gasteiger partial charge in [-0.25, -0.2) is 0 Å². The molecule has 0 amide bonds. The standard InChI is InChI=1S/C12H16BF3O2/c1-2-4-10(8-13(17)18)9-5-3-6-11(7-9)12(14,15)16/h3,5-7,10,17-18H,2,4,8H2,1H3. The van der Waals surface area contributed by atoms with Crippen LogP contribution in [0.1, 0.15) is 36.8 Å². The van der Waals surface area contributed by atoms with E-state index in [0.717, 1.165) is 18.6 Å². The largest absolute Gasteiger partial charge is 0.452 e. The molecule has 0 heterocycles. The van der Waals surface area contributed by atoms with Crippen molar-refractivity contribution in [3.8, 4) is 0 Å². The number of hydrogen-bond acceptors (Lipinski definition) is 2. The number of rotatable bonds is 5. The van der Waals surface area contributed by atoms with E-state index in [0.29, 0.717) is 12.0 Å². The molecule has 0 spiro atoms. The molecule has 0 saturated carbocycles. The monoisotopic (exact) mass is 260 g/mol. The van der Waals surface area contributed by atoms with Crippen LogP contribution in [0.5, 0.6) is 0 Å². The molecule has 100 valence electrons. The van der Waals surface area contributed by atoms with Crippen molar-refractivity contribution in [1.29, 1.82) is 0 Å². The van der Waals surface area contributed by atoms with E-state index >= 15 is 0 Å². The van der Waals surface area contributed by atoms with Gasteiger partial charge in [0.2, 0.25) is 0 Å². The third kappa shape index (κ3) is 4.35. The maximum atomic E-state index is 12.6. The summed E-state index contributed by atoms with van der Waals surface area (Å²) in [5.74, 6) is -0.266. The molecule has 18 heavy (non-hydrogen) atoms. The fourth-order valence-electron chi connectivity index (χ4n) is 1.99. The van der Waals surface area contributed by atoms with Crippen LogP contribution in [0.3, 0.4) is 0 Å². The van der Waals surface area contributed by atoms with Crippen LogP contribution >= 0.6 is 0 Å². The molecular formula is C12H16BF3O2. The zero-order valence-corrected chi connectivity index (χ0v) is 10.1. The van der Waals surface area contributed by atoms with Crippen LogP contribution in [-0.4, -0.2) is 17.2 Å². The lowest BCUT2D eigenvalue weighted by molar-refractivity contribution is -0.137. The van der Waals surface area contributed by atoms with Crippen molar-refractivity contribution >= 4 is 7.12 Å². The smallest absolute Gasteiger partial charge is 0.427 e. The molecule has 1 aromatic carbocycles. The first-order chi connectivity index (χ1) is 8.34. The SMILES string of the molecule is CCCC(CB(O)O)c1cccc(C(F)(F)F)c1. The minimum Gasteiger partial charge on any atom is -0.427 e. The molecule has 0 aliphatic heterocycles. The lowest BCUT2D eigenvalue weighted by atomic mass is 9.74. The van der Waals surface area contributed by atoms with E-state index in [1.165, 1.54) is 6.07 Å². The second-order valence-corrected chi connectivity index (χ2v) is 4.33. The number of benzene rings is 1.